The Hall–Kier alpha value is -1.02. The first kappa shape index (κ1) is 16.4. The summed E-state index contributed by atoms with van der Waals surface area (Å²) in [6.07, 6.45) is 0. The summed E-state index contributed by atoms with van der Waals surface area (Å²) in [5.41, 5.74) is 5.72. The third-order valence-corrected chi connectivity index (χ3v) is 5.15. The van der Waals surface area contributed by atoms with Gasteiger partial charge < -0.3 is 5.73 Å². The summed E-state index contributed by atoms with van der Waals surface area (Å²) < 4.78 is 40.7. The number of hydrogen-bond donors (Lipinski definition) is 2. The Labute approximate surface area is 139 Å². The van der Waals surface area contributed by atoms with E-state index in [0.717, 1.165) is 12.1 Å². The summed E-state index contributed by atoms with van der Waals surface area (Å²) in [7, 11) is -4.19. The van der Waals surface area contributed by atoms with Crippen molar-refractivity contribution in [3.63, 3.8) is 0 Å². The molecule has 0 radical (unpaired) electrons. The Balaban J connectivity index is 2.48. The molecule has 3 N–H and O–H groups in total. The van der Waals surface area contributed by atoms with Gasteiger partial charge in [0.15, 0.2) is 0 Å². The van der Waals surface area contributed by atoms with Crippen LogP contribution in [0.15, 0.2) is 39.7 Å². The van der Waals surface area contributed by atoms with E-state index in [1.165, 1.54) is 18.2 Å². The number of sulfonamides is 1. The molecule has 0 aliphatic carbocycles. The Morgan fingerprint density at radius 1 is 1.19 bits per heavy atom. The highest BCUT2D eigenvalue weighted by Crippen LogP contribution is 2.30. The van der Waals surface area contributed by atoms with Crippen LogP contribution in [0.3, 0.4) is 0 Å². The van der Waals surface area contributed by atoms with Gasteiger partial charge in [0.1, 0.15) is 10.7 Å². The zero-order chi connectivity index (χ0) is 15.8. The van der Waals surface area contributed by atoms with E-state index >= 15 is 0 Å². The molecule has 9 heteroatoms. The van der Waals surface area contributed by atoms with Crippen molar-refractivity contribution in [3.8, 4) is 0 Å². The molecule has 0 saturated heterocycles. The molecule has 0 saturated carbocycles. The normalized spacial score (nSPS) is 11.4. The Bertz CT molecular complexity index is 815. The van der Waals surface area contributed by atoms with E-state index in [0.29, 0.717) is 0 Å². The highest BCUT2D eigenvalue weighted by Gasteiger charge is 2.22. The third-order valence-electron chi connectivity index (χ3n) is 2.51. The molecule has 0 aliphatic rings. The van der Waals surface area contributed by atoms with Crippen molar-refractivity contribution in [2.75, 3.05) is 10.5 Å². The third kappa shape index (κ3) is 3.60. The number of halogens is 4. The van der Waals surface area contributed by atoms with Crippen LogP contribution >= 0.6 is 39.1 Å². The van der Waals surface area contributed by atoms with E-state index in [1.807, 2.05) is 0 Å². The summed E-state index contributed by atoms with van der Waals surface area (Å²) in [4.78, 5) is -0.584. The molecule has 0 aliphatic heterocycles. The van der Waals surface area contributed by atoms with Crippen LogP contribution in [0, 0.1) is 5.82 Å². The van der Waals surface area contributed by atoms with Crippen LogP contribution in [0.2, 0.25) is 10.0 Å². The van der Waals surface area contributed by atoms with Gasteiger partial charge in [-0.1, -0.05) is 23.2 Å². The lowest BCUT2D eigenvalue weighted by Crippen LogP contribution is -2.15. The van der Waals surface area contributed by atoms with Gasteiger partial charge in [-0.3, -0.25) is 4.72 Å². The second-order valence-corrected chi connectivity index (χ2v) is 7.38. The van der Waals surface area contributed by atoms with E-state index < -0.39 is 20.7 Å². The highest BCUT2D eigenvalue weighted by molar-refractivity contribution is 9.10. The number of hydrogen-bond acceptors (Lipinski definition) is 3. The molecule has 4 nitrogen and oxygen atoms in total. The Kier molecular flexibility index (Phi) is 4.67. The van der Waals surface area contributed by atoms with Crippen molar-refractivity contribution >= 4 is 60.5 Å². The predicted molar refractivity (Wildman–Crippen MR) is 85.8 cm³/mol. The van der Waals surface area contributed by atoms with Crippen LogP contribution in [0.1, 0.15) is 0 Å². The zero-order valence-electron chi connectivity index (χ0n) is 10.2. The molecule has 0 fully saturated rings. The van der Waals surface area contributed by atoms with Gasteiger partial charge in [0, 0.05) is 15.2 Å². The van der Waals surface area contributed by atoms with Crippen molar-refractivity contribution in [2.24, 2.45) is 0 Å². The lowest BCUT2D eigenvalue weighted by atomic mass is 10.3. The smallest absolute Gasteiger partial charge is 0.264 e. The van der Waals surface area contributed by atoms with Crippen molar-refractivity contribution in [1.29, 1.82) is 0 Å². The fraction of sp³-hybridized carbons (Fsp3) is 0. The lowest BCUT2D eigenvalue weighted by Gasteiger charge is -2.11. The average Bonchev–Trinajstić information content (AvgIpc) is 2.37. The lowest BCUT2D eigenvalue weighted by molar-refractivity contribution is 0.570. The minimum absolute atomic E-state index is 0.0463. The topological polar surface area (TPSA) is 72.2 Å². The van der Waals surface area contributed by atoms with Gasteiger partial charge in [0.05, 0.1) is 10.7 Å². The Morgan fingerprint density at radius 2 is 1.86 bits per heavy atom. The number of anilines is 2. The molecule has 0 unspecified atom stereocenters. The van der Waals surface area contributed by atoms with Crippen LogP contribution in [0.4, 0.5) is 15.8 Å². The SMILES string of the molecule is Nc1cc(S(=O)(=O)Nc2cc(Cl)ccc2Cl)c(F)cc1Br. The molecule has 0 heterocycles. The summed E-state index contributed by atoms with van der Waals surface area (Å²) in [5.74, 6) is -0.943. The van der Waals surface area contributed by atoms with Gasteiger partial charge in [-0.2, -0.15) is 0 Å². The molecule has 112 valence electrons. The van der Waals surface area contributed by atoms with E-state index in [1.54, 1.807) is 0 Å². The van der Waals surface area contributed by atoms with Crippen molar-refractivity contribution in [3.05, 3.63) is 50.7 Å². The summed E-state index contributed by atoms with van der Waals surface area (Å²) in [6.45, 7) is 0. The first-order valence-corrected chi connectivity index (χ1v) is 8.46. The van der Waals surface area contributed by atoms with Crippen LogP contribution < -0.4 is 10.5 Å². The standard InChI is InChI=1S/C12H8BrCl2FN2O2S/c13-7-4-9(16)12(5-10(7)17)21(19,20)18-11-3-6(14)1-2-8(11)15/h1-5,18H,17H2. The average molecular weight is 414 g/mol. The molecule has 2 rings (SSSR count). The summed E-state index contributed by atoms with van der Waals surface area (Å²) in [6, 6.07) is 6.24. The van der Waals surface area contributed by atoms with Crippen LogP contribution in [0.5, 0.6) is 0 Å². The van der Waals surface area contributed by atoms with Gasteiger partial charge in [-0.15, -0.1) is 0 Å². The fourth-order valence-corrected chi connectivity index (χ4v) is 3.40. The number of benzene rings is 2. The minimum atomic E-state index is -4.19. The number of rotatable bonds is 3. The molecule has 2 aromatic rings. The van der Waals surface area contributed by atoms with Gasteiger partial charge in [0.25, 0.3) is 10.0 Å². The van der Waals surface area contributed by atoms with E-state index in [2.05, 4.69) is 20.7 Å². The quantitative estimate of drug-likeness (QED) is 0.737. The van der Waals surface area contributed by atoms with Crippen molar-refractivity contribution in [1.82, 2.24) is 0 Å². The molecule has 2 aromatic carbocycles. The maximum Gasteiger partial charge on any atom is 0.264 e. The Morgan fingerprint density at radius 3 is 2.52 bits per heavy atom. The van der Waals surface area contributed by atoms with E-state index in [4.69, 9.17) is 28.9 Å². The minimum Gasteiger partial charge on any atom is -0.398 e. The summed E-state index contributed by atoms with van der Waals surface area (Å²) >= 11 is 14.7. The number of nitrogen functional groups attached to an aromatic ring is 1. The van der Waals surface area contributed by atoms with Crippen LogP contribution in [-0.4, -0.2) is 8.42 Å². The maximum absolute atomic E-state index is 13.8. The molecule has 0 bridgehead atoms. The molecular formula is C12H8BrCl2FN2O2S. The summed E-state index contributed by atoms with van der Waals surface area (Å²) in [5, 5.41) is 0.418. The first-order chi connectivity index (χ1) is 9.70. The molecule has 0 atom stereocenters. The molecule has 0 aromatic heterocycles. The van der Waals surface area contributed by atoms with Gasteiger partial charge in [-0.05, 0) is 46.3 Å². The molecular weight excluding hydrogens is 406 g/mol. The van der Waals surface area contributed by atoms with E-state index in [-0.39, 0.29) is 25.9 Å². The largest absolute Gasteiger partial charge is 0.398 e. The van der Waals surface area contributed by atoms with Gasteiger partial charge in [0.2, 0.25) is 0 Å². The van der Waals surface area contributed by atoms with Crippen molar-refractivity contribution in [2.45, 2.75) is 4.90 Å². The second kappa shape index (κ2) is 6.00. The monoisotopic (exact) mass is 412 g/mol. The van der Waals surface area contributed by atoms with Gasteiger partial charge in [-0.25, -0.2) is 12.8 Å². The number of nitrogens with two attached hydrogens (primary N) is 1. The van der Waals surface area contributed by atoms with Gasteiger partial charge >= 0.3 is 0 Å². The maximum atomic E-state index is 13.8. The number of nitrogens with one attached hydrogen (secondary N) is 1. The molecule has 21 heavy (non-hydrogen) atoms. The first-order valence-electron chi connectivity index (χ1n) is 5.43. The fourth-order valence-electron chi connectivity index (χ4n) is 1.53. The zero-order valence-corrected chi connectivity index (χ0v) is 14.1. The second-order valence-electron chi connectivity index (χ2n) is 4.03. The highest BCUT2D eigenvalue weighted by atomic mass is 79.9. The predicted octanol–water partition coefficient (Wildman–Crippen LogP) is 4.28. The molecule has 0 spiro atoms. The van der Waals surface area contributed by atoms with Crippen LogP contribution in [-0.2, 0) is 10.0 Å². The van der Waals surface area contributed by atoms with Crippen molar-refractivity contribution < 1.29 is 12.8 Å². The van der Waals surface area contributed by atoms with E-state index in [9.17, 15) is 12.8 Å². The molecule has 0 amide bonds. The van der Waals surface area contributed by atoms with Crippen LogP contribution in [0.25, 0.3) is 0 Å².